The fourth-order valence-electron chi connectivity index (χ4n) is 2.12. The van der Waals surface area contributed by atoms with Gasteiger partial charge in [0.05, 0.1) is 9.75 Å². The molecule has 1 aromatic carbocycles. The first-order valence-corrected chi connectivity index (χ1v) is 8.55. The van der Waals surface area contributed by atoms with Gasteiger partial charge in [-0.05, 0) is 22.9 Å². The van der Waals surface area contributed by atoms with Gasteiger partial charge in [-0.2, -0.15) is 0 Å². The highest BCUT2D eigenvalue weighted by Gasteiger charge is 2.12. The molecular formula is C17H11N3S2. The summed E-state index contributed by atoms with van der Waals surface area (Å²) >= 11 is 3.27. The number of nitrogens with zero attached hydrogens (tertiary/aromatic N) is 3. The first kappa shape index (κ1) is 13.3. The fraction of sp³-hybridized carbons (Fsp3) is 0. The normalized spacial score (nSPS) is 10.7. The Balaban J connectivity index is 1.91. The Morgan fingerprint density at radius 1 is 0.545 bits per heavy atom. The van der Waals surface area contributed by atoms with Gasteiger partial charge in [0.15, 0.2) is 17.5 Å². The van der Waals surface area contributed by atoms with E-state index in [2.05, 4.69) is 15.0 Å². The summed E-state index contributed by atoms with van der Waals surface area (Å²) in [6, 6.07) is 18.1. The predicted molar refractivity (Wildman–Crippen MR) is 91.9 cm³/mol. The summed E-state index contributed by atoms with van der Waals surface area (Å²) in [5, 5.41) is 4.07. The minimum absolute atomic E-state index is 0.711. The standard InChI is InChI=1S/C17H11N3S2/c1-2-6-12(7-3-1)15-18-16(13-8-4-10-21-13)20-17(19-15)14-9-5-11-22-14/h1-11H. The van der Waals surface area contributed by atoms with E-state index in [4.69, 9.17) is 0 Å². The summed E-state index contributed by atoms with van der Waals surface area (Å²) in [7, 11) is 0. The molecule has 4 aromatic rings. The Hall–Kier alpha value is -2.37. The van der Waals surface area contributed by atoms with Gasteiger partial charge in [0, 0.05) is 5.56 Å². The quantitative estimate of drug-likeness (QED) is 0.533. The first-order valence-electron chi connectivity index (χ1n) is 6.79. The maximum Gasteiger partial charge on any atom is 0.174 e. The number of benzene rings is 1. The fourth-order valence-corrected chi connectivity index (χ4v) is 3.44. The second kappa shape index (κ2) is 5.79. The first-order chi connectivity index (χ1) is 10.9. The van der Waals surface area contributed by atoms with Crippen LogP contribution >= 0.6 is 22.7 Å². The van der Waals surface area contributed by atoms with Crippen molar-refractivity contribution in [2.75, 3.05) is 0 Å². The zero-order chi connectivity index (χ0) is 14.8. The lowest BCUT2D eigenvalue weighted by Gasteiger charge is -2.05. The van der Waals surface area contributed by atoms with E-state index < -0.39 is 0 Å². The van der Waals surface area contributed by atoms with Crippen molar-refractivity contribution in [3.63, 3.8) is 0 Å². The van der Waals surface area contributed by atoms with Gasteiger partial charge in [0.25, 0.3) is 0 Å². The van der Waals surface area contributed by atoms with Crippen molar-refractivity contribution in [3.8, 4) is 32.8 Å². The molecule has 106 valence electrons. The lowest BCUT2D eigenvalue weighted by molar-refractivity contribution is 1.08. The van der Waals surface area contributed by atoms with Crippen LogP contribution < -0.4 is 0 Å². The van der Waals surface area contributed by atoms with Crippen molar-refractivity contribution >= 4 is 22.7 Å². The molecule has 0 saturated heterocycles. The zero-order valence-electron chi connectivity index (χ0n) is 11.5. The molecule has 5 heteroatoms. The molecule has 3 heterocycles. The van der Waals surface area contributed by atoms with Gasteiger partial charge in [-0.1, -0.05) is 42.5 Å². The second-order valence-electron chi connectivity index (χ2n) is 4.63. The summed E-state index contributed by atoms with van der Waals surface area (Å²) in [6.45, 7) is 0. The van der Waals surface area contributed by atoms with E-state index >= 15 is 0 Å². The average Bonchev–Trinajstić information content (AvgIpc) is 3.29. The van der Waals surface area contributed by atoms with Gasteiger partial charge in [-0.25, -0.2) is 15.0 Å². The van der Waals surface area contributed by atoms with E-state index in [1.807, 2.05) is 65.4 Å². The third-order valence-corrected chi connectivity index (χ3v) is 4.88. The van der Waals surface area contributed by atoms with Crippen LogP contribution in [0.25, 0.3) is 32.8 Å². The zero-order valence-corrected chi connectivity index (χ0v) is 13.1. The number of hydrogen-bond donors (Lipinski definition) is 0. The molecule has 4 rings (SSSR count). The largest absolute Gasteiger partial charge is 0.207 e. The van der Waals surface area contributed by atoms with Gasteiger partial charge in [-0.15, -0.1) is 22.7 Å². The van der Waals surface area contributed by atoms with Crippen LogP contribution in [0.5, 0.6) is 0 Å². The van der Waals surface area contributed by atoms with Crippen LogP contribution in [0.15, 0.2) is 65.4 Å². The highest BCUT2D eigenvalue weighted by atomic mass is 32.1. The Kier molecular flexibility index (Phi) is 3.50. The second-order valence-corrected chi connectivity index (χ2v) is 6.52. The van der Waals surface area contributed by atoms with E-state index in [1.165, 1.54) is 0 Å². The van der Waals surface area contributed by atoms with E-state index in [1.54, 1.807) is 22.7 Å². The van der Waals surface area contributed by atoms with Crippen LogP contribution in [0.3, 0.4) is 0 Å². The third-order valence-electron chi connectivity index (χ3n) is 3.15. The summed E-state index contributed by atoms with van der Waals surface area (Å²) in [6.07, 6.45) is 0. The molecule has 0 fully saturated rings. The molecule has 0 spiro atoms. The Morgan fingerprint density at radius 2 is 1.09 bits per heavy atom. The Morgan fingerprint density at radius 3 is 1.59 bits per heavy atom. The molecule has 0 amide bonds. The van der Waals surface area contributed by atoms with Crippen LogP contribution in [-0.4, -0.2) is 15.0 Å². The molecular weight excluding hydrogens is 310 g/mol. The van der Waals surface area contributed by atoms with Gasteiger partial charge in [-0.3, -0.25) is 0 Å². The SMILES string of the molecule is c1ccc(-c2nc(-c3cccs3)nc(-c3cccs3)n2)cc1. The van der Waals surface area contributed by atoms with Crippen molar-refractivity contribution in [1.82, 2.24) is 15.0 Å². The maximum absolute atomic E-state index is 4.65. The topological polar surface area (TPSA) is 38.7 Å². The molecule has 0 aliphatic rings. The lowest BCUT2D eigenvalue weighted by atomic mass is 10.2. The van der Waals surface area contributed by atoms with Crippen LogP contribution in [0.1, 0.15) is 0 Å². The summed E-state index contributed by atoms with van der Waals surface area (Å²) < 4.78 is 0. The minimum Gasteiger partial charge on any atom is -0.207 e. The molecule has 0 N–H and O–H groups in total. The van der Waals surface area contributed by atoms with Crippen molar-refractivity contribution < 1.29 is 0 Å². The van der Waals surface area contributed by atoms with Crippen molar-refractivity contribution in [3.05, 3.63) is 65.4 Å². The van der Waals surface area contributed by atoms with Crippen LogP contribution in [0.4, 0.5) is 0 Å². The molecule has 0 aliphatic carbocycles. The summed E-state index contributed by atoms with van der Waals surface area (Å²) in [4.78, 5) is 16.0. The summed E-state index contributed by atoms with van der Waals surface area (Å²) in [5.74, 6) is 2.17. The van der Waals surface area contributed by atoms with Gasteiger partial charge in [0.1, 0.15) is 0 Å². The number of rotatable bonds is 3. The minimum atomic E-state index is 0.711. The van der Waals surface area contributed by atoms with E-state index in [9.17, 15) is 0 Å². The predicted octanol–water partition coefficient (Wildman–Crippen LogP) is 5.00. The monoisotopic (exact) mass is 321 g/mol. The molecule has 0 bridgehead atoms. The smallest absolute Gasteiger partial charge is 0.174 e. The van der Waals surface area contributed by atoms with Gasteiger partial charge < -0.3 is 0 Å². The number of hydrogen-bond acceptors (Lipinski definition) is 5. The highest BCUT2D eigenvalue weighted by molar-refractivity contribution is 7.13. The molecule has 0 unspecified atom stereocenters. The van der Waals surface area contributed by atoms with Crippen molar-refractivity contribution in [1.29, 1.82) is 0 Å². The average molecular weight is 321 g/mol. The van der Waals surface area contributed by atoms with Gasteiger partial charge in [0.2, 0.25) is 0 Å². The van der Waals surface area contributed by atoms with E-state index in [-0.39, 0.29) is 0 Å². The number of aromatic nitrogens is 3. The van der Waals surface area contributed by atoms with Crippen LogP contribution in [-0.2, 0) is 0 Å². The highest BCUT2D eigenvalue weighted by Crippen LogP contribution is 2.28. The van der Waals surface area contributed by atoms with E-state index in [0.717, 1.165) is 27.0 Å². The molecule has 3 aromatic heterocycles. The van der Waals surface area contributed by atoms with Crippen molar-refractivity contribution in [2.45, 2.75) is 0 Å². The van der Waals surface area contributed by atoms with E-state index in [0.29, 0.717) is 5.82 Å². The molecule has 0 saturated carbocycles. The van der Waals surface area contributed by atoms with Crippen LogP contribution in [0.2, 0.25) is 0 Å². The summed E-state index contributed by atoms with van der Waals surface area (Å²) in [5.41, 5.74) is 1.00. The van der Waals surface area contributed by atoms with Crippen molar-refractivity contribution in [2.24, 2.45) is 0 Å². The van der Waals surface area contributed by atoms with Gasteiger partial charge >= 0.3 is 0 Å². The Labute approximate surface area is 136 Å². The lowest BCUT2D eigenvalue weighted by Crippen LogP contribution is -1.98. The molecule has 22 heavy (non-hydrogen) atoms. The third kappa shape index (κ3) is 2.56. The molecule has 0 aliphatic heterocycles. The number of thiophene rings is 2. The maximum atomic E-state index is 4.65. The molecule has 3 nitrogen and oxygen atoms in total. The molecule has 0 atom stereocenters. The van der Waals surface area contributed by atoms with Crippen LogP contribution in [0, 0.1) is 0 Å². The molecule has 0 radical (unpaired) electrons. The Bertz CT molecular complexity index is 817.